The van der Waals surface area contributed by atoms with Crippen molar-refractivity contribution in [2.45, 2.75) is 20.8 Å². The summed E-state index contributed by atoms with van der Waals surface area (Å²) in [6.45, 7) is 6.23. The Morgan fingerprint density at radius 3 is 2.76 bits per heavy atom. The Kier molecular flexibility index (Phi) is 4.99. The van der Waals surface area contributed by atoms with Gasteiger partial charge in [0.2, 0.25) is 0 Å². The highest BCUT2D eigenvalue weighted by Gasteiger charge is 2.08. The minimum Gasteiger partial charge on any atom is -0.492 e. The van der Waals surface area contributed by atoms with Crippen LogP contribution in [0.15, 0.2) is 42.5 Å². The first-order valence-electron chi connectivity index (χ1n) is 6.98. The van der Waals surface area contributed by atoms with Gasteiger partial charge >= 0.3 is 5.97 Å². The first-order valence-corrected chi connectivity index (χ1v) is 6.98. The summed E-state index contributed by atoms with van der Waals surface area (Å²) in [6.07, 6.45) is 0. The van der Waals surface area contributed by atoms with Crippen molar-refractivity contribution < 1.29 is 14.3 Å². The van der Waals surface area contributed by atoms with Gasteiger partial charge in [-0.15, -0.1) is 0 Å². The third kappa shape index (κ3) is 4.35. The van der Waals surface area contributed by atoms with E-state index < -0.39 is 0 Å². The van der Waals surface area contributed by atoms with Gasteiger partial charge in [-0.25, -0.2) is 0 Å². The Morgan fingerprint density at radius 2 is 2.05 bits per heavy atom. The van der Waals surface area contributed by atoms with E-state index in [1.807, 2.05) is 36.4 Å². The van der Waals surface area contributed by atoms with Crippen molar-refractivity contribution in [3.05, 3.63) is 48.5 Å². The molecule has 0 N–H and O–H groups in total. The fraction of sp³-hybridized carbons (Fsp3) is 0.278. The molecule has 0 unspecified atom stereocenters. The summed E-state index contributed by atoms with van der Waals surface area (Å²) in [5, 5.41) is 0. The van der Waals surface area contributed by atoms with E-state index in [1.165, 1.54) is 6.92 Å². The summed E-state index contributed by atoms with van der Waals surface area (Å²) in [4.78, 5) is 11.1. The lowest BCUT2D eigenvalue weighted by Crippen LogP contribution is -2.05. The van der Waals surface area contributed by atoms with Crippen LogP contribution in [0, 0.1) is 12.0 Å². The quantitative estimate of drug-likeness (QED) is 0.612. The standard InChI is InChI=1S/C18H19O3/c1-13(2)12-20-18-10-5-4-9-17(18)15-7-6-8-16(11-15)21-14(3)19/h4-9,11,13H,12H2,1-3H3. The molecule has 0 bridgehead atoms. The van der Waals surface area contributed by atoms with Gasteiger partial charge < -0.3 is 9.47 Å². The van der Waals surface area contributed by atoms with Crippen molar-refractivity contribution in [1.82, 2.24) is 0 Å². The van der Waals surface area contributed by atoms with E-state index in [2.05, 4.69) is 19.9 Å². The molecule has 1 radical (unpaired) electrons. The molecule has 0 heterocycles. The fourth-order valence-corrected chi connectivity index (χ4v) is 1.91. The lowest BCUT2D eigenvalue weighted by atomic mass is 10.0. The normalized spacial score (nSPS) is 10.5. The van der Waals surface area contributed by atoms with Crippen molar-refractivity contribution in [3.63, 3.8) is 0 Å². The number of carbonyl (C=O) groups is 1. The van der Waals surface area contributed by atoms with E-state index in [1.54, 1.807) is 6.07 Å². The molecule has 2 aromatic rings. The number of para-hydroxylation sites is 1. The number of esters is 1. The van der Waals surface area contributed by atoms with Gasteiger partial charge in [-0.2, -0.15) is 0 Å². The molecule has 0 aliphatic heterocycles. The molecule has 3 nitrogen and oxygen atoms in total. The van der Waals surface area contributed by atoms with Gasteiger partial charge in [-0.1, -0.05) is 44.2 Å². The van der Waals surface area contributed by atoms with Crippen LogP contribution in [0.3, 0.4) is 0 Å². The Hall–Kier alpha value is -2.29. The first-order chi connectivity index (χ1) is 10.1. The average molecular weight is 283 g/mol. The van der Waals surface area contributed by atoms with Gasteiger partial charge in [0, 0.05) is 18.6 Å². The molecule has 21 heavy (non-hydrogen) atoms. The van der Waals surface area contributed by atoms with Gasteiger partial charge in [0.15, 0.2) is 0 Å². The summed E-state index contributed by atoms with van der Waals surface area (Å²) in [5.74, 6) is 1.35. The molecule has 3 heteroatoms. The molecular formula is C18H19O3. The second-order valence-electron chi connectivity index (χ2n) is 5.24. The topological polar surface area (TPSA) is 35.5 Å². The minimum absolute atomic E-state index is 0.331. The van der Waals surface area contributed by atoms with E-state index in [0.717, 1.165) is 11.1 Å². The molecule has 0 spiro atoms. The van der Waals surface area contributed by atoms with Crippen LogP contribution in [0.2, 0.25) is 0 Å². The van der Waals surface area contributed by atoms with E-state index in [9.17, 15) is 4.79 Å². The molecule has 2 aromatic carbocycles. The van der Waals surface area contributed by atoms with Gasteiger partial charge in [0.05, 0.1) is 6.61 Å². The van der Waals surface area contributed by atoms with Gasteiger partial charge in [-0.05, 0) is 23.6 Å². The average Bonchev–Trinajstić information content (AvgIpc) is 2.45. The number of hydrogen-bond donors (Lipinski definition) is 0. The second-order valence-corrected chi connectivity index (χ2v) is 5.24. The Morgan fingerprint density at radius 1 is 1.24 bits per heavy atom. The maximum atomic E-state index is 11.1. The number of carbonyl (C=O) groups excluding carboxylic acids is 1. The van der Waals surface area contributed by atoms with E-state index in [4.69, 9.17) is 9.47 Å². The SMILES string of the molecule is CC(=O)Oc1cccc(-c2ccc[c]c2OCC(C)C)c1. The minimum atomic E-state index is -0.331. The number of benzene rings is 2. The molecule has 0 aliphatic carbocycles. The summed E-state index contributed by atoms with van der Waals surface area (Å²) in [5.41, 5.74) is 1.87. The molecule has 0 aliphatic rings. The predicted octanol–water partition coefficient (Wildman–Crippen LogP) is 4.11. The van der Waals surface area contributed by atoms with Crippen molar-refractivity contribution in [3.8, 4) is 22.6 Å². The molecule has 2 rings (SSSR count). The second kappa shape index (κ2) is 6.93. The van der Waals surface area contributed by atoms with E-state index >= 15 is 0 Å². The lowest BCUT2D eigenvalue weighted by molar-refractivity contribution is -0.131. The predicted molar refractivity (Wildman–Crippen MR) is 82.4 cm³/mol. The largest absolute Gasteiger partial charge is 0.492 e. The van der Waals surface area contributed by atoms with Crippen LogP contribution in [0.1, 0.15) is 20.8 Å². The van der Waals surface area contributed by atoms with Crippen LogP contribution < -0.4 is 9.47 Å². The monoisotopic (exact) mass is 283 g/mol. The molecular weight excluding hydrogens is 264 g/mol. The highest BCUT2D eigenvalue weighted by Crippen LogP contribution is 2.31. The molecule has 0 amide bonds. The Balaban J connectivity index is 2.30. The summed E-state index contributed by atoms with van der Waals surface area (Å²) in [7, 11) is 0. The van der Waals surface area contributed by atoms with Gasteiger partial charge in [0.1, 0.15) is 11.5 Å². The van der Waals surface area contributed by atoms with Crippen molar-refractivity contribution in [1.29, 1.82) is 0 Å². The molecule has 0 fully saturated rings. The maximum Gasteiger partial charge on any atom is 0.308 e. The van der Waals surface area contributed by atoms with Crippen molar-refractivity contribution >= 4 is 5.97 Å². The number of ether oxygens (including phenoxy) is 2. The zero-order chi connectivity index (χ0) is 15.2. The summed E-state index contributed by atoms with van der Waals surface area (Å²) in [6, 6.07) is 16.2. The summed E-state index contributed by atoms with van der Waals surface area (Å²) < 4.78 is 10.9. The van der Waals surface area contributed by atoms with Crippen LogP contribution in [0.4, 0.5) is 0 Å². The van der Waals surface area contributed by atoms with E-state index in [0.29, 0.717) is 24.0 Å². The van der Waals surface area contributed by atoms with Crippen LogP contribution in [-0.2, 0) is 4.79 Å². The van der Waals surface area contributed by atoms with Crippen LogP contribution in [0.5, 0.6) is 11.5 Å². The fourth-order valence-electron chi connectivity index (χ4n) is 1.91. The van der Waals surface area contributed by atoms with Gasteiger partial charge in [-0.3, -0.25) is 4.79 Å². The lowest BCUT2D eigenvalue weighted by Gasteiger charge is -2.13. The van der Waals surface area contributed by atoms with Crippen LogP contribution in [0.25, 0.3) is 11.1 Å². The Labute approximate surface area is 125 Å². The molecule has 0 atom stereocenters. The molecule has 0 aromatic heterocycles. The summed E-state index contributed by atoms with van der Waals surface area (Å²) >= 11 is 0. The zero-order valence-corrected chi connectivity index (χ0v) is 12.6. The zero-order valence-electron chi connectivity index (χ0n) is 12.6. The number of rotatable bonds is 5. The number of hydrogen-bond acceptors (Lipinski definition) is 3. The highest BCUT2D eigenvalue weighted by molar-refractivity contribution is 5.73. The molecule has 109 valence electrons. The maximum absolute atomic E-state index is 11.1. The molecule has 0 saturated heterocycles. The van der Waals surface area contributed by atoms with Crippen LogP contribution >= 0.6 is 0 Å². The molecule has 0 saturated carbocycles. The van der Waals surface area contributed by atoms with E-state index in [-0.39, 0.29) is 5.97 Å². The van der Waals surface area contributed by atoms with Crippen LogP contribution in [-0.4, -0.2) is 12.6 Å². The Bertz CT molecular complexity index is 617. The highest BCUT2D eigenvalue weighted by atomic mass is 16.5. The van der Waals surface area contributed by atoms with Crippen molar-refractivity contribution in [2.75, 3.05) is 6.61 Å². The third-order valence-corrected chi connectivity index (χ3v) is 2.79. The van der Waals surface area contributed by atoms with Crippen molar-refractivity contribution in [2.24, 2.45) is 5.92 Å². The first kappa shape index (κ1) is 15.1. The third-order valence-electron chi connectivity index (χ3n) is 2.79. The smallest absolute Gasteiger partial charge is 0.308 e. The van der Waals surface area contributed by atoms with Gasteiger partial charge in [0.25, 0.3) is 0 Å².